The molecule has 4 heteroatoms. The highest BCUT2D eigenvalue weighted by Crippen LogP contribution is 2.23. The molecule has 0 aliphatic rings. The quantitative estimate of drug-likeness (QED) is 0.827. The fraction of sp³-hybridized carbons (Fsp3) is 0.214. The number of nitrogens with one attached hydrogen (secondary N) is 1. The van der Waals surface area contributed by atoms with Gasteiger partial charge in [0.1, 0.15) is 16.5 Å². The Balaban J connectivity index is 2.21. The molecule has 3 N–H and O–H groups in total. The number of thiocarbonyl (C=S) groups is 1. The zero-order chi connectivity index (χ0) is 13.1. The number of anilines is 1. The molecule has 1 atom stereocenters. The number of aryl methyl sites for hydroxylation is 1. The van der Waals surface area contributed by atoms with Crippen molar-refractivity contribution in [1.82, 2.24) is 0 Å². The Kier molecular flexibility index (Phi) is 3.67. The summed E-state index contributed by atoms with van der Waals surface area (Å²) in [5, 5.41) is 3.36. The lowest BCUT2D eigenvalue weighted by molar-refractivity contribution is 0.467. The second kappa shape index (κ2) is 5.23. The van der Waals surface area contributed by atoms with Gasteiger partial charge in [0.15, 0.2) is 0 Å². The SMILES string of the molecule is Cc1ccc(C(C)Nc2ccccc2C(N)=S)o1. The summed E-state index contributed by atoms with van der Waals surface area (Å²) in [6, 6.07) is 11.7. The van der Waals surface area contributed by atoms with Gasteiger partial charge in [-0.1, -0.05) is 24.4 Å². The molecule has 0 radical (unpaired) electrons. The van der Waals surface area contributed by atoms with Crippen molar-refractivity contribution >= 4 is 22.9 Å². The van der Waals surface area contributed by atoms with Crippen LogP contribution in [-0.4, -0.2) is 4.99 Å². The summed E-state index contributed by atoms with van der Waals surface area (Å²) >= 11 is 5.04. The Labute approximate surface area is 112 Å². The van der Waals surface area contributed by atoms with Crippen LogP contribution in [0.2, 0.25) is 0 Å². The molecule has 0 bridgehead atoms. The summed E-state index contributed by atoms with van der Waals surface area (Å²) in [5.41, 5.74) is 7.47. The van der Waals surface area contributed by atoms with Gasteiger partial charge in [0.25, 0.3) is 0 Å². The van der Waals surface area contributed by atoms with Crippen LogP contribution in [0.4, 0.5) is 5.69 Å². The summed E-state index contributed by atoms with van der Waals surface area (Å²) in [4.78, 5) is 0.390. The monoisotopic (exact) mass is 260 g/mol. The van der Waals surface area contributed by atoms with Crippen molar-refractivity contribution < 1.29 is 4.42 Å². The lowest BCUT2D eigenvalue weighted by Crippen LogP contribution is -2.14. The molecule has 1 aromatic carbocycles. The van der Waals surface area contributed by atoms with Gasteiger partial charge >= 0.3 is 0 Å². The average molecular weight is 260 g/mol. The van der Waals surface area contributed by atoms with Gasteiger partial charge in [0.2, 0.25) is 0 Å². The van der Waals surface area contributed by atoms with Gasteiger partial charge in [-0.25, -0.2) is 0 Å². The van der Waals surface area contributed by atoms with Crippen LogP contribution in [0.5, 0.6) is 0 Å². The predicted molar refractivity (Wildman–Crippen MR) is 77.8 cm³/mol. The van der Waals surface area contributed by atoms with E-state index in [1.54, 1.807) is 0 Å². The minimum atomic E-state index is 0.0641. The number of hydrogen-bond donors (Lipinski definition) is 2. The fourth-order valence-electron chi connectivity index (χ4n) is 1.81. The molecule has 0 saturated heterocycles. The molecule has 2 rings (SSSR count). The maximum atomic E-state index is 5.70. The van der Waals surface area contributed by atoms with E-state index in [-0.39, 0.29) is 6.04 Å². The van der Waals surface area contributed by atoms with Gasteiger partial charge in [-0.15, -0.1) is 0 Å². The smallest absolute Gasteiger partial charge is 0.126 e. The lowest BCUT2D eigenvalue weighted by Gasteiger charge is -2.15. The highest BCUT2D eigenvalue weighted by atomic mass is 32.1. The standard InChI is InChI=1S/C14H16N2OS/c1-9-7-8-13(17-9)10(2)16-12-6-4-3-5-11(12)14(15)18/h3-8,10,16H,1-2H3,(H2,15,18). The fourth-order valence-corrected chi connectivity index (χ4v) is 1.99. The van der Waals surface area contributed by atoms with Crippen LogP contribution < -0.4 is 11.1 Å². The van der Waals surface area contributed by atoms with Crippen molar-refractivity contribution in [3.63, 3.8) is 0 Å². The zero-order valence-electron chi connectivity index (χ0n) is 10.4. The van der Waals surface area contributed by atoms with E-state index in [2.05, 4.69) is 5.32 Å². The van der Waals surface area contributed by atoms with E-state index >= 15 is 0 Å². The first-order chi connectivity index (χ1) is 8.58. The van der Waals surface area contributed by atoms with Crippen molar-refractivity contribution in [1.29, 1.82) is 0 Å². The summed E-state index contributed by atoms with van der Waals surface area (Å²) in [6.07, 6.45) is 0. The van der Waals surface area contributed by atoms with Gasteiger partial charge in [0.05, 0.1) is 6.04 Å². The molecule has 0 spiro atoms. The number of benzene rings is 1. The van der Waals surface area contributed by atoms with Gasteiger partial charge in [-0.3, -0.25) is 0 Å². The number of nitrogens with two attached hydrogens (primary N) is 1. The van der Waals surface area contributed by atoms with Crippen LogP contribution in [0.25, 0.3) is 0 Å². The van der Waals surface area contributed by atoms with E-state index in [1.165, 1.54) is 0 Å². The third-order valence-electron chi connectivity index (χ3n) is 2.75. The van der Waals surface area contributed by atoms with Crippen LogP contribution in [-0.2, 0) is 0 Å². The van der Waals surface area contributed by atoms with E-state index in [4.69, 9.17) is 22.4 Å². The molecule has 0 aliphatic carbocycles. The summed E-state index contributed by atoms with van der Waals surface area (Å²) in [6.45, 7) is 3.97. The molecule has 94 valence electrons. The Hall–Kier alpha value is -1.81. The van der Waals surface area contributed by atoms with Gasteiger partial charge in [-0.2, -0.15) is 0 Å². The maximum absolute atomic E-state index is 5.70. The molecule has 3 nitrogen and oxygen atoms in total. The van der Waals surface area contributed by atoms with E-state index in [0.717, 1.165) is 22.8 Å². The van der Waals surface area contributed by atoms with E-state index in [9.17, 15) is 0 Å². The van der Waals surface area contributed by atoms with E-state index in [1.807, 2.05) is 50.2 Å². The first kappa shape index (κ1) is 12.6. The highest BCUT2D eigenvalue weighted by Gasteiger charge is 2.12. The third kappa shape index (κ3) is 2.71. The predicted octanol–water partition coefficient (Wildman–Crippen LogP) is 3.40. The minimum absolute atomic E-state index is 0.0641. The molecule has 18 heavy (non-hydrogen) atoms. The van der Waals surface area contributed by atoms with Crippen molar-refractivity contribution in [3.05, 3.63) is 53.5 Å². The molecule has 1 heterocycles. The van der Waals surface area contributed by atoms with Crippen molar-refractivity contribution in [2.24, 2.45) is 5.73 Å². The molecule has 0 fully saturated rings. The zero-order valence-corrected chi connectivity index (χ0v) is 11.3. The molecule has 1 unspecified atom stereocenters. The van der Waals surface area contributed by atoms with Gasteiger partial charge < -0.3 is 15.5 Å². The molecular weight excluding hydrogens is 244 g/mol. The second-order valence-corrected chi connectivity index (χ2v) is 4.66. The Morgan fingerprint density at radius 1 is 1.28 bits per heavy atom. The summed E-state index contributed by atoms with van der Waals surface area (Å²) in [7, 11) is 0. The Bertz CT molecular complexity index is 562. The second-order valence-electron chi connectivity index (χ2n) is 4.22. The highest BCUT2D eigenvalue weighted by molar-refractivity contribution is 7.80. The molecule has 2 aromatic rings. The maximum Gasteiger partial charge on any atom is 0.126 e. The van der Waals surface area contributed by atoms with Crippen LogP contribution >= 0.6 is 12.2 Å². The van der Waals surface area contributed by atoms with Crippen molar-refractivity contribution in [3.8, 4) is 0 Å². The van der Waals surface area contributed by atoms with E-state index < -0.39 is 0 Å². The average Bonchev–Trinajstić information content (AvgIpc) is 2.76. The Morgan fingerprint density at radius 3 is 2.61 bits per heavy atom. The number of rotatable bonds is 4. The molecule has 1 aromatic heterocycles. The molecule has 0 saturated carbocycles. The molecule has 0 amide bonds. The number of para-hydroxylation sites is 1. The topological polar surface area (TPSA) is 51.2 Å². The van der Waals surface area contributed by atoms with Crippen LogP contribution in [0.1, 0.15) is 30.0 Å². The summed E-state index contributed by atoms with van der Waals surface area (Å²) < 4.78 is 5.59. The van der Waals surface area contributed by atoms with Crippen molar-refractivity contribution in [2.75, 3.05) is 5.32 Å². The third-order valence-corrected chi connectivity index (χ3v) is 2.97. The Morgan fingerprint density at radius 2 is 2.00 bits per heavy atom. The first-order valence-electron chi connectivity index (χ1n) is 5.79. The van der Waals surface area contributed by atoms with Crippen molar-refractivity contribution in [2.45, 2.75) is 19.9 Å². The number of furan rings is 1. The normalized spacial score (nSPS) is 12.1. The van der Waals surface area contributed by atoms with Gasteiger partial charge in [-0.05, 0) is 38.1 Å². The molecular formula is C14H16N2OS. The largest absolute Gasteiger partial charge is 0.464 e. The summed E-state index contributed by atoms with van der Waals surface area (Å²) in [5.74, 6) is 1.80. The van der Waals surface area contributed by atoms with Crippen LogP contribution in [0.15, 0.2) is 40.8 Å². The van der Waals surface area contributed by atoms with E-state index in [0.29, 0.717) is 4.99 Å². The van der Waals surface area contributed by atoms with Gasteiger partial charge in [0, 0.05) is 11.3 Å². The van der Waals surface area contributed by atoms with Crippen LogP contribution in [0, 0.1) is 6.92 Å². The first-order valence-corrected chi connectivity index (χ1v) is 6.20. The number of hydrogen-bond acceptors (Lipinski definition) is 3. The molecule has 0 aliphatic heterocycles. The lowest BCUT2D eigenvalue weighted by atomic mass is 10.1. The van der Waals surface area contributed by atoms with Crippen LogP contribution in [0.3, 0.4) is 0 Å². The minimum Gasteiger partial charge on any atom is -0.464 e.